The molecule has 0 saturated carbocycles. The van der Waals surface area contributed by atoms with E-state index in [1.165, 1.54) is 10.7 Å². The van der Waals surface area contributed by atoms with E-state index in [-0.39, 0.29) is 11.9 Å². The van der Waals surface area contributed by atoms with Crippen molar-refractivity contribution in [1.29, 1.82) is 0 Å². The van der Waals surface area contributed by atoms with Gasteiger partial charge in [-0.05, 0) is 32.1 Å². The molecule has 0 aromatic carbocycles. The van der Waals surface area contributed by atoms with Crippen LogP contribution in [0.5, 0.6) is 0 Å². The first-order valence-corrected chi connectivity index (χ1v) is 8.23. The van der Waals surface area contributed by atoms with Crippen LogP contribution in [0.1, 0.15) is 45.4 Å². The second-order valence-electron chi connectivity index (χ2n) is 4.77. The zero-order valence-corrected chi connectivity index (χ0v) is 11.8. The average molecular weight is 263 g/mol. The van der Waals surface area contributed by atoms with Crippen molar-refractivity contribution in [3.05, 3.63) is 0 Å². The van der Waals surface area contributed by atoms with Crippen LogP contribution in [0.2, 0.25) is 0 Å². The monoisotopic (exact) mass is 263 g/mol. The second-order valence-corrected chi connectivity index (χ2v) is 6.96. The van der Waals surface area contributed by atoms with Crippen molar-refractivity contribution in [1.82, 2.24) is 4.31 Å². The van der Waals surface area contributed by atoms with Gasteiger partial charge >= 0.3 is 0 Å². The van der Waals surface area contributed by atoms with Crippen molar-refractivity contribution >= 4 is 10.0 Å². The highest BCUT2D eigenvalue weighted by molar-refractivity contribution is 7.89. The molecule has 1 atom stereocenters. The molecule has 1 rings (SSSR count). The first-order chi connectivity index (χ1) is 8.06. The molecular formula is C12H25NO3S. The Morgan fingerprint density at radius 1 is 1.35 bits per heavy atom. The molecule has 17 heavy (non-hydrogen) atoms. The van der Waals surface area contributed by atoms with Crippen LogP contribution in [0.15, 0.2) is 0 Å². The number of rotatable bonds is 7. The van der Waals surface area contributed by atoms with Gasteiger partial charge in [-0.1, -0.05) is 13.3 Å². The maximum absolute atomic E-state index is 11.8. The summed E-state index contributed by atoms with van der Waals surface area (Å²) in [5.41, 5.74) is 0. The van der Waals surface area contributed by atoms with Crippen LogP contribution in [0.25, 0.3) is 0 Å². The lowest BCUT2D eigenvalue weighted by atomic mass is 10.1. The number of ether oxygens (including phenoxy) is 1. The Bertz CT molecular complexity index is 297. The van der Waals surface area contributed by atoms with E-state index >= 15 is 0 Å². The van der Waals surface area contributed by atoms with Gasteiger partial charge in [-0.15, -0.1) is 0 Å². The highest BCUT2D eigenvalue weighted by atomic mass is 32.2. The Labute approximate surface area is 105 Å². The third kappa shape index (κ3) is 5.36. The molecule has 0 N–H and O–H groups in total. The lowest BCUT2D eigenvalue weighted by Crippen LogP contribution is -2.33. The lowest BCUT2D eigenvalue weighted by Gasteiger charge is -2.25. The first kappa shape index (κ1) is 14.9. The summed E-state index contributed by atoms with van der Waals surface area (Å²) >= 11 is 0. The predicted octanol–water partition coefficient (Wildman–Crippen LogP) is 2.01. The van der Waals surface area contributed by atoms with Crippen LogP contribution >= 0.6 is 0 Å². The largest absolute Gasteiger partial charge is 0.378 e. The number of sulfonamides is 1. The number of unbranched alkanes of at least 4 members (excludes halogenated alkanes) is 1. The van der Waals surface area contributed by atoms with Gasteiger partial charge in [0.2, 0.25) is 10.0 Å². The van der Waals surface area contributed by atoms with Crippen molar-refractivity contribution in [3.63, 3.8) is 0 Å². The molecule has 1 aliphatic heterocycles. The molecule has 1 fully saturated rings. The van der Waals surface area contributed by atoms with E-state index < -0.39 is 10.0 Å². The lowest BCUT2D eigenvalue weighted by molar-refractivity contribution is 0.00950. The SMILES string of the molecule is CCCCS(=O)(=O)N(C)CCC1CCCCO1. The van der Waals surface area contributed by atoms with Gasteiger partial charge in [0.15, 0.2) is 0 Å². The van der Waals surface area contributed by atoms with Gasteiger partial charge < -0.3 is 4.74 Å². The average Bonchev–Trinajstić information content (AvgIpc) is 2.34. The smallest absolute Gasteiger partial charge is 0.213 e. The van der Waals surface area contributed by atoms with E-state index in [2.05, 4.69) is 0 Å². The maximum atomic E-state index is 11.8. The van der Waals surface area contributed by atoms with Gasteiger partial charge in [0.05, 0.1) is 11.9 Å². The summed E-state index contributed by atoms with van der Waals surface area (Å²) in [5.74, 6) is 0.269. The van der Waals surface area contributed by atoms with E-state index in [0.29, 0.717) is 6.54 Å². The minimum Gasteiger partial charge on any atom is -0.378 e. The zero-order valence-electron chi connectivity index (χ0n) is 11.0. The minimum atomic E-state index is -3.05. The van der Waals surface area contributed by atoms with Crippen LogP contribution in [-0.4, -0.2) is 44.8 Å². The normalized spacial score (nSPS) is 21.9. The van der Waals surface area contributed by atoms with Gasteiger partial charge in [0, 0.05) is 20.2 Å². The minimum absolute atomic E-state index is 0.257. The number of hydrogen-bond donors (Lipinski definition) is 0. The van der Waals surface area contributed by atoms with Crippen molar-refractivity contribution < 1.29 is 13.2 Å². The third-order valence-corrected chi connectivity index (χ3v) is 5.21. The summed E-state index contributed by atoms with van der Waals surface area (Å²) in [6.45, 7) is 3.42. The van der Waals surface area contributed by atoms with Gasteiger partial charge in [0.1, 0.15) is 0 Å². The molecule has 0 radical (unpaired) electrons. The Morgan fingerprint density at radius 3 is 2.71 bits per heavy atom. The molecule has 4 nitrogen and oxygen atoms in total. The van der Waals surface area contributed by atoms with Crippen LogP contribution in [-0.2, 0) is 14.8 Å². The molecule has 0 aliphatic carbocycles. The molecule has 1 heterocycles. The quantitative estimate of drug-likeness (QED) is 0.706. The number of hydrogen-bond acceptors (Lipinski definition) is 3. The van der Waals surface area contributed by atoms with Crippen LogP contribution < -0.4 is 0 Å². The summed E-state index contributed by atoms with van der Waals surface area (Å²) in [6, 6.07) is 0. The summed E-state index contributed by atoms with van der Waals surface area (Å²) in [6.07, 6.45) is 6.15. The molecule has 102 valence electrons. The van der Waals surface area contributed by atoms with E-state index in [1.54, 1.807) is 7.05 Å². The van der Waals surface area contributed by atoms with E-state index in [4.69, 9.17) is 4.74 Å². The standard InChI is InChI=1S/C12H25NO3S/c1-3-4-11-17(14,15)13(2)9-8-12-7-5-6-10-16-12/h12H,3-11H2,1-2H3. The third-order valence-electron chi connectivity index (χ3n) is 3.27. The molecule has 0 amide bonds. The molecule has 0 aromatic rings. The summed E-state index contributed by atoms with van der Waals surface area (Å²) in [5, 5.41) is 0. The molecular weight excluding hydrogens is 238 g/mol. The van der Waals surface area contributed by atoms with Crippen LogP contribution in [0.3, 0.4) is 0 Å². The highest BCUT2D eigenvalue weighted by Gasteiger charge is 2.20. The topological polar surface area (TPSA) is 46.6 Å². The maximum Gasteiger partial charge on any atom is 0.213 e. The Morgan fingerprint density at radius 2 is 2.12 bits per heavy atom. The molecule has 0 aromatic heterocycles. The molecule has 0 spiro atoms. The molecule has 1 saturated heterocycles. The molecule has 1 aliphatic rings. The number of nitrogens with zero attached hydrogens (tertiary/aromatic N) is 1. The Kier molecular flexibility index (Phi) is 6.44. The van der Waals surface area contributed by atoms with Gasteiger partial charge in [0.25, 0.3) is 0 Å². The Hall–Kier alpha value is -0.130. The molecule has 0 bridgehead atoms. The van der Waals surface area contributed by atoms with E-state index in [0.717, 1.165) is 38.7 Å². The summed E-state index contributed by atoms with van der Waals surface area (Å²) < 4.78 is 30.8. The highest BCUT2D eigenvalue weighted by Crippen LogP contribution is 2.16. The fourth-order valence-corrected chi connectivity index (χ4v) is 3.33. The summed E-state index contributed by atoms with van der Waals surface area (Å²) in [7, 11) is -1.37. The van der Waals surface area contributed by atoms with E-state index in [9.17, 15) is 8.42 Å². The second kappa shape index (κ2) is 7.34. The first-order valence-electron chi connectivity index (χ1n) is 6.62. The Balaban J connectivity index is 2.29. The van der Waals surface area contributed by atoms with Crippen LogP contribution in [0.4, 0.5) is 0 Å². The van der Waals surface area contributed by atoms with Gasteiger partial charge in [-0.2, -0.15) is 0 Å². The zero-order chi connectivity index (χ0) is 12.7. The summed E-state index contributed by atoms with van der Waals surface area (Å²) in [4.78, 5) is 0. The van der Waals surface area contributed by atoms with Gasteiger partial charge in [-0.25, -0.2) is 12.7 Å². The van der Waals surface area contributed by atoms with Crippen molar-refractivity contribution in [2.45, 2.75) is 51.6 Å². The fourth-order valence-electron chi connectivity index (χ4n) is 1.98. The van der Waals surface area contributed by atoms with Crippen molar-refractivity contribution in [3.8, 4) is 0 Å². The van der Waals surface area contributed by atoms with Gasteiger partial charge in [-0.3, -0.25) is 0 Å². The molecule has 1 unspecified atom stereocenters. The van der Waals surface area contributed by atoms with Crippen LogP contribution in [0, 0.1) is 0 Å². The fraction of sp³-hybridized carbons (Fsp3) is 1.00. The predicted molar refractivity (Wildman–Crippen MR) is 69.5 cm³/mol. The molecule has 5 heteroatoms. The van der Waals surface area contributed by atoms with Crippen molar-refractivity contribution in [2.24, 2.45) is 0 Å². The van der Waals surface area contributed by atoms with E-state index in [1.807, 2.05) is 6.92 Å². The van der Waals surface area contributed by atoms with Crippen molar-refractivity contribution in [2.75, 3.05) is 26.0 Å².